The highest BCUT2D eigenvalue weighted by Crippen LogP contribution is 2.37. The van der Waals surface area contributed by atoms with E-state index in [0.717, 1.165) is 33.2 Å². The van der Waals surface area contributed by atoms with Crippen LogP contribution >= 0.6 is 0 Å². The Morgan fingerprint density at radius 3 is 2.48 bits per heavy atom. The molecule has 0 saturated heterocycles. The van der Waals surface area contributed by atoms with Gasteiger partial charge in [-0.1, -0.05) is 55.7 Å². The minimum atomic E-state index is 0.238. The molecule has 1 fully saturated rings. The topological polar surface area (TPSA) is 98.8 Å². The monoisotopic (exact) mass is 444 g/mol. The Balaban J connectivity index is 0.00000111. The quantitative estimate of drug-likeness (QED) is 0.437. The Kier molecular flexibility index (Phi) is 6.24. The van der Waals surface area contributed by atoms with Gasteiger partial charge in [-0.05, 0) is 48.6 Å². The molecule has 33 heavy (non-hydrogen) atoms. The molecule has 6 rings (SSSR count). The van der Waals surface area contributed by atoms with Crippen LogP contribution in [0.15, 0.2) is 70.2 Å². The Morgan fingerprint density at radius 1 is 1.00 bits per heavy atom. The van der Waals surface area contributed by atoms with Gasteiger partial charge in [0.2, 0.25) is 0 Å². The van der Waals surface area contributed by atoms with Gasteiger partial charge >= 0.3 is 0 Å². The van der Waals surface area contributed by atoms with E-state index in [9.17, 15) is 0 Å². The second-order valence-corrected chi connectivity index (χ2v) is 8.56. The Morgan fingerprint density at radius 2 is 1.79 bits per heavy atom. The van der Waals surface area contributed by atoms with Crippen molar-refractivity contribution in [3.8, 4) is 5.75 Å². The minimum absolute atomic E-state index is 0.238. The van der Waals surface area contributed by atoms with E-state index in [1.807, 2.05) is 30.5 Å². The smallest absolute Gasteiger partial charge is 0.274 e. The first-order chi connectivity index (χ1) is 16.3. The zero-order chi connectivity index (χ0) is 22.6. The van der Waals surface area contributed by atoms with Crippen LogP contribution in [-0.2, 0) is 6.61 Å². The molecule has 0 spiro atoms. The van der Waals surface area contributed by atoms with Crippen molar-refractivity contribution in [3.63, 3.8) is 0 Å². The number of aromatic nitrogens is 2. The third-order valence-electron chi connectivity index (χ3n) is 6.56. The van der Waals surface area contributed by atoms with Crippen molar-refractivity contribution in [2.75, 3.05) is 0 Å². The summed E-state index contributed by atoms with van der Waals surface area (Å²) in [4.78, 5) is 8.86. The standard InChI is InChI=1S/C26H25N3O2.H3NO/c1-2-7-19(8-3-1)25(29-24-16-27-26(24)31-29)20-11-14-22(15-12-20)30-17-21-13-10-18-6-4-5-9-23(18)28-21;1-2/h4-6,9-16,19,25H,1-3,7-8,17H2;2H,1H2. The number of hydrogen-bond donors (Lipinski definition) is 2. The lowest BCUT2D eigenvalue weighted by atomic mass is 9.81. The van der Waals surface area contributed by atoms with Crippen molar-refractivity contribution in [2.45, 2.75) is 44.8 Å². The molecule has 3 N–H and O–H groups in total. The molecule has 7 nitrogen and oxygen atoms in total. The first kappa shape index (κ1) is 21.4. The van der Waals surface area contributed by atoms with Gasteiger partial charge in [0.25, 0.3) is 5.55 Å². The average molecular weight is 445 g/mol. The molecule has 0 radical (unpaired) electrons. The molecule has 2 aromatic heterocycles. The highest BCUT2D eigenvalue weighted by Gasteiger charge is 2.31. The van der Waals surface area contributed by atoms with Crippen LogP contribution < -0.4 is 21.5 Å². The van der Waals surface area contributed by atoms with E-state index in [4.69, 9.17) is 19.5 Å². The summed E-state index contributed by atoms with van der Waals surface area (Å²) in [6.45, 7) is 0.457. The molecule has 1 saturated carbocycles. The summed E-state index contributed by atoms with van der Waals surface area (Å²) in [5.41, 5.74) is 3.98. The number of benzene rings is 2. The Hall–Kier alpha value is -3.42. The lowest BCUT2D eigenvalue weighted by Crippen LogP contribution is -2.50. The summed E-state index contributed by atoms with van der Waals surface area (Å²) >= 11 is 0. The van der Waals surface area contributed by atoms with Crippen molar-refractivity contribution in [1.29, 1.82) is 0 Å². The summed E-state index contributed by atoms with van der Waals surface area (Å²) in [6, 6.07) is 21.0. The van der Waals surface area contributed by atoms with Crippen molar-refractivity contribution in [3.05, 3.63) is 82.8 Å². The summed E-state index contributed by atoms with van der Waals surface area (Å²) in [5, 5.41) is 8.78. The average Bonchev–Trinajstić information content (AvgIpc) is 2.88. The zero-order valence-electron chi connectivity index (χ0n) is 18.4. The van der Waals surface area contributed by atoms with E-state index < -0.39 is 0 Å². The Bertz CT molecular complexity index is 1330. The fourth-order valence-corrected chi connectivity index (χ4v) is 4.86. The molecule has 1 atom stereocenters. The number of nitrogens with zero attached hydrogens (tertiary/aromatic N) is 3. The van der Waals surface area contributed by atoms with Crippen LogP contribution in [0.4, 0.5) is 0 Å². The van der Waals surface area contributed by atoms with Gasteiger partial charge in [-0.3, -0.25) is 0 Å². The lowest BCUT2D eigenvalue weighted by Gasteiger charge is -2.33. The Labute approximate surface area is 191 Å². The van der Waals surface area contributed by atoms with E-state index in [-0.39, 0.29) is 6.04 Å². The van der Waals surface area contributed by atoms with Gasteiger partial charge in [0.05, 0.1) is 23.5 Å². The summed E-state index contributed by atoms with van der Waals surface area (Å²) in [6.07, 6.45) is 8.34. The molecule has 2 aliphatic rings. The number of para-hydroxylation sites is 1. The molecule has 3 heterocycles. The second-order valence-electron chi connectivity index (χ2n) is 8.56. The number of rotatable bonds is 6. The third-order valence-corrected chi connectivity index (χ3v) is 6.56. The van der Waals surface area contributed by atoms with E-state index in [1.165, 1.54) is 37.7 Å². The van der Waals surface area contributed by atoms with Crippen LogP contribution in [0.5, 0.6) is 5.75 Å². The molecule has 1 aliphatic carbocycles. The van der Waals surface area contributed by atoms with Gasteiger partial charge in [-0.25, -0.2) is 15.9 Å². The lowest BCUT2D eigenvalue weighted by molar-refractivity contribution is 0.0938. The molecule has 0 amide bonds. The molecule has 7 heteroatoms. The maximum Gasteiger partial charge on any atom is 0.274 e. The predicted octanol–water partition coefficient (Wildman–Crippen LogP) is 4.08. The molecule has 0 bridgehead atoms. The van der Waals surface area contributed by atoms with E-state index >= 15 is 0 Å². The predicted molar refractivity (Wildman–Crippen MR) is 125 cm³/mol. The molecule has 2 aromatic carbocycles. The van der Waals surface area contributed by atoms with Crippen molar-refractivity contribution in [1.82, 2.24) is 9.72 Å². The van der Waals surface area contributed by atoms with Crippen LogP contribution in [0.1, 0.15) is 49.4 Å². The highest BCUT2D eigenvalue weighted by atomic mass is 16.5. The van der Waals surface area contributed by atoms with Crippen LogP contribution in [0.2, 0.25) is 0 Å². The van der Waals surface area contributed by atoms with Gasteiger partial charge in [0.1, 0.15) is 12.4 Å². The van der Waals surface area contributed by atoms with Crippen molar-refractivity contribution in [2.24, 2.45) is 16.8 Å². The third kappa shape index (κ3) is 4.29. The molecule has 1 aliphatic heterocycles. The highest BCUT2D eigenvalue weighted by molar-refractivity contribution is 5.78. The van der Waals surface area contributed by atoms with E-state index in [1.54, 1.807) is 0 Å². The number of ether oxygens (including phenoxy) is 1. The maximum absolute atomic E-state index is 6.50. The molecular weight excluding hydrogens is 416 g/mol. The van der Waals surface area contributed by atoms with E-state index in [2.05, 4.69) is 52.0 Å². The van der Waals surface area contributed by atoms with Gasteiger partial charge in [-0.2, -0.15) is 4.74 Å². The van der Waals surface area contributed by atoms with Crippen LogP contribution in [0, 0.1) is 5.92 Å². The zero-order valence-corrected chi connectivity index (χ0v) is 18.4. The molecular formula is C26H28N4O3. The molecule has 170 valence electrons. The number of hydrogen-bond acceptors (Lipinski definition) is 6. The van der Waals surface area contributed by atoms with E-state index in [0.29, 0.717) is 12.5 Å². The number of fused-ring (bicyclic) bond motifs is 2. The summed E-state index contributed by atoms with van der Waals surface area (Å²) < 4.78 is 14.0. The molecule has 4 aromatic rings. The normalized spacial score (nSPS) is 15.9. The van der Waals surface area contributed by atoms with Gasteiger partial charge < -0.3 is 14.5 Å². The SMILES string of the molecule is C1=c2c(on2C(c2ccc(OCc3ccc4ccccc4n3)cc2)C2CCCCC2)=N1.NO. The van der Waals surface area contributed by atoms with Crippen LogP contribution in [0.25, 0.3) is 17.1 Å². The second kappa shape index (κ2) is 9.60. The summed E-state index contributed by atoms with van der Waals surface area (Å²) in [7, 11) is 0. The van der Waals surface area contributed by atoms with Gasteiger partial charge in [-0.15, -0.1) is 0 Å². The molecule has 1 unspecified atom stereocenters. The largest absolute Gasteiger partial charge is 0.487 e. The van der Waals surface area contributed by atoms with Crippen molar-refractivity contribution < 1.29 is 14.5 Å². The fourth-order valence-electron chi connectivity index (χ4n) is 4.86. The van der Waals surface area contributed by atoms with Gasteiger partial charge in [0, 0.05) is 5.39 Å². The van der Waals surface area contributed by atoms with Crippen molar-refractivity contribution >= 4 is 17.1 Å². The first-order valence-electron chi connectivity index (χ1n) is 11.4. The first-order valence-corrected chi connectivity index (χ1v) is 11.4. The number of nitrogens with two attached hydrogens (primary N) is 1. The maximum atomic E-state index is 6.50. The van der Waals surface area contributed by atoms with Gasteiger partial charge in [0.15, 0.2) is 5.35 Å². The van der Waals surface area contributed by atoms with Crippen LogP contribution in [-0.4, -0.2) is 14.9 Å². The van der Waals surface area contributed by atoms with Crippen LogP contribution in [0.3, 0.4) is 0 Å². The number of pyridine rings is 1. The summed E-state index contributed by atoms with van der Waals surface area (Å²) in [5.74, 6) is 4.96. The fraction of sp³-hybridized carbons (Fsp3) is 0.308. The minimum Gasteiger partial charge on any atom is -0.487 e.